The lowest BCUT2D eigenvalue weighted by Gasteiger charge is -2.12. The molecule has 0 atom stereocenters. The fourth-order valence-corrected chi connectivity index (χ4v) is 1.68. The number of hydrogen-bond donors (Lipinski definition) is 2. The van der Waals surface area contributed by atoms with Gasteiger partial charge in [-0.25, -0.2) is 4.79 Å². The Morgan fingerprint density at radius 1 is 1.42 bits per heavy atom. The molecule has 7 nitrogen and oxygen atoms in total. The van der Waals surface area contributed by atoms with E-state index in [1.165, 1.54) is 11.0 Å². The molecule has 104 valence electrons. The van der Waals surface area contributed by atoms with Crippen molar-refractivity contribution in [3.05, 3.63) is 32.8 Å². The maximum Gasteiger partial charge on any atom is 0.316 e. The predicted molar refractivity (Wildman–Crippen MR) is 76.4 cm³/mol. The fraction of sp³-hybridized carbons (Fsp3) is 0.364. The third-order valence-corrected chi connectivity index (χ3v) is 2.77. The fourth-order valence-electron chi connectivity index (χ4n) is 1.33. The van der Waals surface area contributed by atoms with Gasteiger partial charge < -0.3 is 15.5 Å². The maximum atomic E-state index is 11.2. The lowest BCUT2D eigenvalue weighted by molar-refractivity contribution is -0.384. The van der Waals surface area contributed by atoms with E-state index < -0.39 is 4.92 Å². The summed E-state index contributed by atoms with van der Waals surface area (Å²) in [5, 5.41) is 16.5. The van der Waals surface area contributed by atoms with E-state index in [0.29, 0.717) is 23.2 Å². The lowest BCUT2D eigenvalue weighted by atomic mass is 10.2. The van der Waals surface area contributed by atoms with Crippen molar-refractivity contribution in [1.82, 2.24) is 10.2 Å². The van der Waals surface area contributed by atoms with Gasteiger partial charge in [-0.3, -0.25) is 10.1 Å². The van der Waals surface area contributed by atoms with Gasteiger partial charge in [-0.15, -0.1) is 0 Å². The van der Waals surface area contributed by atoms with E-state index in [0.717, 1.165) is 0 Å². The number of carbonyl (C=O) groups excluding carboxylic acids is 1. The number of amides is 2. The number of anilines is 1. The minimum absolute atomic E-state index is 0.00619. The number of hydrogen-bond acceptors (Lipinski definition) is 4. The number of nitro benzene ring substituents is 1. The van der Waals surface area contributed by atoms with E-state index in [9.17, 15) is 14.9 Å². The van der Waals surface area contributed by atoms with Gasteiger partial charge in [-0.2, -0.15) is 0 Å². The molecular weight excluding hydrogens is 316 g/mol. The molecule has 0 aliphatic carbocycles. The third-order valence-electron chi connectivity index (χ3n) is 2.28. The molecule has 0 aromatic heterocycles. The van der Waals surface area contributed by atoms with E-state index in [1.54, 1.807) is 26.2 Å². The molecule has 19 heavy (non-hydrogen) atoms. The first-order chi connectivity index (χ1) is 8.91. The van der Waals surface area contributed by atoms with Crippen LogP contribution in [-0.4, -0.2) is 43.0 Å². The number of nitro groups is 1. The lowest BCUT2D eigenvalue weighted by Crippen LogP contribution is -2.37. The van der Waals surface area contributed by atoms with Crippen molar-refractivity contribution in [1.29, 1.82) is 0 Å². The quantitative estimate of drug-likeness (QED) is 0.491. The number of benzene rings is 1. The molecule has 1 aromatic carbocycles. The molecular formula is C11H15BrN4O3. The van der Waals surface area contributed by atoms with Crippen LogP contribution in [0.1, 0.15) is 0 Å². The molecule has 0 aliphatic rings. The molecule has 0 saturated carbocycles. The molecule has 0 aliphatic heterocycles. The van der Waals surface area contributed by atoms with Crippen LogP contribution in [0.5, 0.6) is 0 Å². The molecule has 0 spiro atoms. The molecule has 1 rings (SSSR count). The molecule has 1 aromatic rings. The van der Waals surface area contributed by atoms with Crippen molar-refractivity contribution >= 4 is 33.3 Å². The summed E-state index contributed by atoms with van der Waals surface area (Å²) >= 11 is 3.19. The van der Waals surface area contributed by atoms with E-state index in [1.807, 2.05) is 0 Å². The average molecular weight is 331 g/mol. The summed E-state index contributed by atoms with van der Waals surface area (Å²) in [5.74, 6) is 0. The summed E-state index contributed by atoms with van der Waals surface area (Å²) in [6.45, 7) is 0.784. The van der Waals surface area contributed by atoms with Gasteiger partial charge in [0.05, 0.1) is 4.92 Å². The number of nitrogens with one attached hydrogen (secondary N) is 2. The Kier molecular flexibility index (Phi) is 5.56. The molecule has 0 bridgehead atoms. The highest BCUT2D eigenvalue weighted by Gasteiger charge is 2.13. The third kappa shape index (κ3) is 4.74. The average Bonchev–Trinajstić information content (AvgIpc) is 2.35. The highest BCUT2D eigenvalue weighted by molar-refractivity contribution is 9.10. The number of carbonyl (C=O) groups is 1. The summed E-state index contributed by atoms with van der Waals surface area (Å²) in [5.41, 5.74) is 0.417. The Morgan fingerprint density at radius 2 is 2.11 bits per heavy atom. The first-order valence-corrected chi connectivity index (χ1v) is 6.34. The van der Waals surface area contributed by atoms with Crippen LogP contribution in [-0.2, 0) is 0 Å². The molecule has 0 unspecified atom stereocenters. The smallest absolute Gasteiger partial charge is 0.316 e. The van der Waals surface area contributed by atoms with Crippen LogP contribution in [0.3, 0.4) is 0 Å². The summed E-state index contributed by atoms with van der Waals surface area (Å²) in [4.78, 5) is 23.1. The zero-order valence-electron chi connectivity index (χ0n) is 10.6. The first-order valence-electron chi connectivity index (χ1n) is 5.55. The van der Waals surface area contributed by atoms with Gasteiger partial charge in [0.1, 0.15) is 5.69 Å². The summed E-state index contributed by atoms with van der Waals surface area (Å²) < 4.78 is 0.644. The van der Waals surface area contributed by atoms with E-state index >= 15 is 0 Å². The second-order valence-electron chi connectivity index (χ2n) is 3.97. The Labute approximate surface area is 119 Å². The van der Waals surface area contributed by atoms with Crippen LogP contribution in [0.15, 0.2) is 22.7 Å². The van der Waals surface area contributed by atoms with Gasteiger partial charge in [-0.1, -0.05) is 15.9 Å². The minimum atomic E-state index is -0.453. The van der Waals surface area contributed by atoms with Crippen molar-refractivity contribution in [3.63, 3.8) is 0 Å². The van der Waals surface area contributed by atoms with Crippen LogP contribution in [0, 0.1) is 10.1 Å². The Balaban J connectivity index is 2.54. The van der Waals surface area contributed by atoms with Gasteiger partial charge >= 0.3 is 6.03 Å². The van der Waals surface area contributed by atoms with Gasteiger partial charge in [0.25, 0.3) is 5.69 Å². The van der Waals surface area contributed by atoms with E-state index in [4.69, 9.17) is 0 Å². The standard InChI is InChI=1S/C11H15BrN4O3/c1-15(2)11(17)14-6-5-13-9-4-3-8(12)7-10(9)16(18)19/h3-4,7,13H,5-6H2,1-2H3,(H,14,17). The summed E-state index contributed by atoms with van der Waals surface area (Å²) in [6.07, 6.45) is 0. The van der Waals surface area contributed by atoms with Crippen molar-refractivity contribution < 1.29 is 9.72 Å². The van der Waals surface area contributed by atoms with Crippen LogP contribution < -0.4 is 10.6 Å². The second kappa shape index (κ2) is 6.93. The van der Waals surface area contributed by atoms with Crippen LogP contribution >= 0.6 is 15.9 Å². The number of nitrogens with zero attached hydrogens (tertiary/aromatic N) is 2. The van der Waals surface area contributed by atoms with Crippen molar-refractivity contribution in [2.45, 2.75) is 0 Å². The zero-order chi connectivity index (χ0) is 14.4. The molecule has 8 heteroatoms. The van der Waals surface area contributed by atoms with Gasteiger partial charge in [-0.05, 0) is 12.1 Å². The monoisotopic (exact) mass is 330 g/mol. The highest BCUT2D eigenvalue weighted by Crippen LogP contribution is 2.27. The largest absolute Gasteiger partial charge is 0.378 e. The summed E-state index contributed by atoms with van der Waals surface area (Å²) in [6, 6.07) is 4.57. The minimum Gasteiger partial charge on any atom is -0.378 e. The van der Waals surface area contributed by atoms with Crippen LogP contribution in [0.25, 0.3) is 0 Å². The van der Waals surface area contributed by atoms with Crippen molar-refractivity contribution in [2.24, 2.45) is 0 Å². The SMILES string of the molecule is CN(C)C(=O)NCCNc1ccc(Br)cc1[N+](=O)[O-]. The van der Waals surface area contributed by atoms with Crippen molar-refractivity contribution in [2.75, 3.05) is 32.5 Å². The van der Waals surface area contributed by atoms with E-state index in [-0.39, 0.29) is 11.7 Å². The molecule has 0 saturated heterocycles. The summed E-state index contributed by atoms with van der Waals surface area (Å²) in [7, 11) is 3.28. The molecule has 2 N–H and O–H groups in total. The second-order valence-corrected chi connectivity index (χ2v) is 4.89. The Morgan fingerprint density at radius 3 is 2.68 bits per heavy atom. The first kappa shape index (κ1) is 15.2. The number of halogens is 1. The van der Waals surface area contributed by atoms with Gasteiger partial charge in [0, 0.05) is 37.7 Å². The highest BCUT2D eigenvalue weighted by atomic mass is 79.9. The number of urea groups is 1. The van der Waals surface area contributed by atoms with E-state index in [2.05, 4.69) is 26.6 Å². The van der Waals surface area contributed by atoms with Crippen LogP contribution in [0.4, 0.5) is 16.2 Å². The van der Waals surface area contributed by atoms with Crippen LogP contribution in [0.2, 0.25) is 0 Å². The molecule has 2 amide bonds. The zero-order valence-corrected chi connectivity index (χ0v) is 12.2. The topological polar surface area (TPSA) is 87.5 Å². The predicted octanol–water partition coefficient (Wildman–Crippen LogP) is 2.04. The molecule has 0 heterocycles. The Hall–Kier alpha value is -1.83. The van der Waals surface area contributed by atoms with Gasteiger partial charge in [0.15, 0.2) is 0 Å². The normalized spacial score (nSPS) is 9.84. The molecule has 0 radical (unpaired) electrons. The number of rotatable bonds is 5. The molecule has 0 fully saturated rings. The van der Waals surface area contributed by atoms with Gasteiger partial charge in [0.2, 0.25) is 0 Å². The Bertz CT molecular complexity index is 479. The maximum absolute atomic E-state index is 11.2. The van der Waals surface area contributed by atoms with Crippen molar-refractivity contribution in [3.8, 4) is 0 Å².